The van der Waals surface area contributed by atoms with Gasteiger partial charge in [0.1, 0.15) is 17.3 Å². The van der Waals surface area contributed by atoms with Crippen LogP contribution < -0.4 is 10.9 Å². The van der Waals surface area contributed by atoms with Crippen molar-refractivity contribution in [1.82, 2.24) is 19.1 Å². The molecule has 0 saturated heterocycles. The van der Waals surface area contributed by atoms with Gasteiger partial charge in [0, 0.05) is 12.6 Å². The third-order valence-electron chi connectivity index (χ3n) is 4.35. The summed E-state index contributed by atoms with van der Waals surface area (Å²) in [5, 5.41) is 2.34. The van der Waals surface area contributed by atoms with Crippen LogP contribution in [0.1, 0.15) is 18.7 Å². The zero-order valence-corrected chi connectivity index (χ0v) is 13.4. The highest BCUT2D eigenvalue weighted by Crippen LogP contribution is 2.32. The van der Waals surface area contributed by atoms with Crippen LogP contribution >= 0.6 is 0 Å². The van der Waals surface area contributed by atoms with Crippen molar-refractivity contribution in [3.05, 3.63) is 52.7 Å². The molecule has 0 bridgehead atoms. The highest BCUT2D eigenvalue weighted by atomic mass is 19.1. The van der Waals surface area contributed by atoms with Crippen molar-refractivity contribution in [2.24, 2.45) is 5.92 Å². The lowest BCUT2D eigenvalue weighted by atomic mass is 10.3. The van der Waals surface area contributed by atoms with E-state index < -0.39 is 0 Å². The van der Waals surface area contributed by atoms with Gasteiger partial charge in [-0.15, -0.1) is 0 Å². The normalized spacial score (nSPS) is 14.0. The van der Waals surface area contributed by atoms with E-state index >= 15 is 0 Å². The predicted molar refractivity (Wildman–Crippen MR) is 89.7 cm³/mol. The van der Waals surface area contributed by atoms with Gasteiger partial charge in [0.15, 0.2) is 0 Å². The smallest absolute Gasteiger partial charge is 0.277 e. The molecule has 4 rings (SSSR count). The molecule has 1 aliphatic carbocycles. The van der Waals surface area contributed by atoms with Crippen molar-refractivity contribution >= 4 is 23.1 Å². The Morgan fingerprint density at radius 3 is 2.96 bits per heavy atom. The number of rotatable bonds is 6. The van der Waals surface area contributed by atoms with Crippen molar-refractivity contribution in [2.45, 2.75) is 25.9 Å². The number of hydrogen-bond acceptors (Lipinski definition) is 4. The minimum absolute atomic E-state index is 0.105. The third kappa shape index (κ3) is 3.02. The summed E-state index contributed by atoms with van der Waals surface area (Å²) in [6.45, 7) is 0.995. The SMILES string of the molecule is O=CNc1cncn(Cc2nc3cc(F)ccc3n2CC2CC2)c1=O. The summed E-state index contributed by atoms with van der Waals surface area (Å²) in [7, 11) is 0. The molecule has 2 heterocycles. The van der Waals surface area contributed by atoms with E-state index in [1.54, 1.807) is 6.07 Å². The maximum atomic E-state index is 13.5. The average Bonchev–Trinajstić information content (AvgIpc) is 3.34. The Morgan fingerprint density at radius 2 is 2.20 bits per heavy atom. The number of amides is 1. The van der Waals surface area contributed by atoms with Crippen LogP contribution in [-0.4, -0.2) is 25.5 Å². The van der Waals surface area contributed by atoms with E-state index in [4.69, 9.17) is 0 Å². The second kappa shape index (κ2) is 6.12. The highest BCUT2D eigenvalue weighted by Gasteiger charge is 2.24. The summed E-state index contributed by atoms with van der Waals surface area (Å²) < 4.78 is 16.9. The van der Waals surface area contributed by atoms with Crippen molar-refractivity contribution in [3.63, 3.8) is 0 Å². The first-order valence-corrected chi connectivity index (χ1v) is 8.05. The average molecular weight is 341 g/mol. The Morgan fingerprint density at radius 1 is 1.36 bits per heavy atom. The molecule has 7 nitrogen and oxygen atoms in total. The van der Waals surface area contributed by atoms with Gasteiger partial charge in [-0.1, -0.05) is 0 Å². The first-order chi connectivity index (χ1) is 12.2. The van der Waals surface area contributed by atoms with E-state index in [9.17, 15) is 14.0 Å². The molecule has 8 heteroatoms. The molecular formula is C17H16FN5O2. The lowest BCUT2D eigenvalue weighted by Gasteiger charge is -2.10. The number of aromatic nitrogens is 4. The van der Waals surface area contributed by atoms with Crippen LogP contribution in [0.25, 0.3) is 11.0 Å². The summed E-state index contributed by atoms with van der Waals surface area (Å²) >= 11 is 0. The number of benzene rings is 1. The van der Waals surface area contributed by atoms with Crippen molar-refractivity contribution < 1.29 is 9.18 Å². The number of nitrogens with zero attached hydrogens (tertiary/aromatic N) is 4. The summed E-state index contributed by atoms with van der Waals surface area (Å²) in [6, 6.07) is 4.53. The van der Waals surface area contributed by atoms with Gasteiger partial charge < -0.3 is 9.88 Å². The number of imidazole rings is 1. The molecular weight excluding hydrogens is 325 g/mol. The molecule has 128 valence electrons. The van der Waals surface area contributed by atoms with Crippen LogP contribution in [0.4, 0.5) is 10.1 Å². The summed E-state index contributed by atoms with van der Waals surface area (Å²) in [5.41, 5.74) is 1.16. The van der Waals surface area contributed by atoms with E-state index in [1.165, 1.54) is 42.1 Å². The van der Waals surface area contributed by atoms with E-state index in [1.807, 2.05) is 4.57 Å². The van der Waals surface area contributed by atoms with Crippen LogP contribution in [0.5, 0.6) is 0 Å². The lowest BCUT2D eigenvalue weighted by Crippen LogP contribution is -2.25. The number of carbonyl (C=O) groups is 1. The molecule has 1 saturated carbocycles. The zero-order chi connectivity index (χ0) is 17.4. The Balaban J connectivity index is 1.77. The van der Waals surface area contributed by atoms with E-state index in [0.717, 1.165) is 12.1 Å². The molecule has 0 atom stereocenters. The molecule has 0 spiro atoms. The third-order valence-corrected chi connectivity index (χ3v) is 4.35. The molecule has 1 N–H and O–H groups in total. The van der Waals surface area contributed by atoms with Gasteiger partial charge in [-0.05, 0) is 30.9 Å². The summed E-state index contributed by atoms with van der Waals surface area (Å²) in [4.78, 5) is 31.5. The first kappa shape index (κ1) is 15.5. The van der Waals surface area contributed by atoms with E-state index in [0.29, 0.717) is 23.7 Å². The van der Waals surface area contributed by atoms with Crippen molar-refractivity contribution in [3.8, 4) is 0 Å². The molecule has 0 aliphatic heterocycles. The number of hydrogen-bond donors (Lipinski definition) is 1. The largest absolute Gasteiger partial charge is 0.326 e. The molecule has 1 aromatic carbocycles. The minimum Gasteiger partial charge on any atom is -0.326 e. The van der Waals surface area contributed by atoms with Crippen LogP contribution in [-0.2, 0) is 17.9 Å². The molecule has 2 aromatic heterocycles. The van der Waals surface area contributed by atoms with Crippen LogP contribution in [0.15, 0.2) is 35.5 Å². The van der Waals surface area contributed by atoms with E-state index in [2.05, 4.69) is 15.3 Å². The fourth-order valence-electron chi connectivity index (χ4n) is 2.91. The second-order valence-corrected chi connectivity index (χ2v) is 6.22. The monoisotopic (exact) mass is 341 g/mol. The highest BCUT2D eigenvalue weighted by molar-refractivity contribution is 5.76. The maximum absolute atomic E-state index is 13.5. The lowest BCUT2D eigenvalue weighted by molar-refractivity contribution is -0.105. The van der Waals surface area contributed by atoms with Crippen LogP contribution in [0.2, 0.25) is 0 Å². The topological polar surface area (TPSA) is 81.8 Å². The van der Waals surface area contributed by atoms with Crippen molar-refractivity contribution in [2.75, 3.05) is 5.32 Å². The number of carbonyl (C=O) groups excluding carboxylic acids is 1. The van der Waals surface area contributed by atoms with Gasteiger partial charge in [-0.25, -0.2) is 14.4 Å². The zero-order valence-electron chi connectivity index (χ0n) is 13.4. The predicted octanol–water partition coefficient (Wildman–Crippen LogP) is 1.76. The Kier molecular flexibility index (Phi) is 3.79. The molecule has 0 unspecified atom stereocenters. The first-order valence-electron chi connectivity index (χ1n) is 8.05. The number of anilines is 1. The molecule has 3 aromatic rings. The minimum atomic E-state index is -0.363. The van der Waals surface area contributed by atoms with Gasteiger partial charge >= 0.3 is 0 Å². The maximum Gasteiger partial charge on any atom is 0.277 e. The quantitative estimate of drug-likeness (QED) is 0.693. The summed E-state index contributed by atoms with van der Waals surface area (Å²) in [6.07, 6.45) is 5.48. The van der Waals surface area contributed by atoms with Gasteiger partial charge in [0.05, 0.1) is 30.1 Å². The van der Waals surface area contributed by atoms with Gasteiger partial charge in [0.2, 0.25) is 6.41 Å². The van der Waals surface area contributed by atoms with E-state index in [-0.39, 0.29) is 23.6 Å². The number of fused-ring (bicyclic) bond motifs is 1. The Labute approximate surface area is 142 Å². The van der Waals surface area contributed by atoms with Gasteiger partial charge in [-0.3, -0.25) is 14.2 Å². The number of halogens is 1. The summed E-state index contributed by atoms with van der Waals surface area (Å²) in [5.74, 6) is 0.921. The molecule has 25 heavy (non-hydrogen) atoms. The van der Waals surface area contributed by atoms with Crippen LogP contribution in [0, 0.1) is 11.7 Å². The van der Waals surface area contributed by atoms with Crippen molar-refractivity contribution in [1.29, 1.82) is 0 Å². The molecule has 0 radical (unpaired) electrons. The fraction of sp³-hybridized carbons (Fsp3) is 0.294. The number of nitrogens with one attached hydrogen (secondary N) is 1. The van der Waals surface area contributed by atoms with Crippen LogP contribution in [0.3, 0.4) is 0 Å². The fourth-order valence-corrected chi connectivity index (χ4v) is 2.91. The molecule has 1 amide bonds. The van der Waals surface area contributed by atoms with Gasteiger partial charge in [-0.2, -0.15) is 0 Å². The molecule has 1 fully saturated rings. The standard InChI is InChI=1S/C17H16FN5O2/c18-12-3-4-15-13(5-12)21-16(23(15)7-11-1-2-11)8-22-9-19-6-14(17(22)25)20-10-24/h3-6,9-11H,1-2,7-8H2,(H,20,24). The Bertz CT molecular complexity index is 1010. The molecule has 1 aliphatic rings. The second-order valence-electron chi connectivity index (χ2n) is 6.22. The Hall–Kier alpha value is -3.03. The van der Waals surface area contributed by atoms with Gasteiger partial charge in [0.25, 0.3) is 5.56 Å².